The number of rotatable bonds is 7. The van der Waals surface area contributed by atoms with Crippen LogP contribution < -0.4 is 10.6 Å². The molecule has 3 heterocycles. The van der Waals surface area contributed by atoms with Crippen molar-refractivity contribution in [3.8, 4) is 0 Å². The van der Waals surface area contributed by atoms with E-state index in [1.807, 2.05) is 43.3 Å². The standard InChI is InChI=1S/C24H21ClN6OS/c1-13-4-2-5-15(30-13)10-27-17-6-3-7-18(19(17)20(26)14-8-9-14)31-24(32)16-11-33-22-21(16)28-12-29-23(22)25/h2-7,11-12,14,26-27H,8-10H2,1H3,(H,31,32). The molecule has 0 spiro atoms. The molecular formula is C24H21ClN6OS. The predicted octanol–water partition coefficient (Wildman–Crippen LogP) is 5.69. The van der Waals surface area contributed by atoms with Gasteiger partial charge in [0.15, 0.2) is 0 Å². The first-order chi connectivity index (χ1) is 16.0. The zero-order valence-corrected chi connectivity index (χ0v) is 19.4. The van der Waals surface area contributed by atoms with Gasteiger partial charge in [-0.05, 0) is 44.0 Å². The Kier molecular flexibility index (Phi) is 5.78. The number of hydrogen-bond donors (Lipinski definition) is 3. The smallest absolute Gasteiger partial charge is 0.258 e. The first-order valence-corrected chi connectivity index (χ1v) is 11.8. The number of anilines is 2. The Morgan fingerprint density at radius 3 is 2.76 bits per heavy atom. The zero-order chi connectivity index (χ0) is 22.9. The molecule has 1 aliphatic carbocycles. The van der Waals surface area contributed by atoms with Crippen molar-refractivity contribution in [2.24, 2.45) is 5.92 Å². The van der Waals surface area contributed by atoms with Crippen molar-refractivity contribution in [2.45, 2.75) is 26.3 Å². The second-order valence-corrected chi connectivity index (χ2v) is 9.22. The Morgan fingerprint density at radius 1 is 1.18 bits per heavy atom. The molecule has 0 atom stereocenters. The number of fused-ring (bicyclic) bond motifs is 1. The Hall–Kier alpha value is -3.36. The fraction of sp³-hybridized carbons (Fsp3) is 0.208. The minimum absolute atomic E-state index is 0.217. The minimum atomic E-state index is -0.293. The Bertz CT molecular complexity index is 1380. The van der Waals surface area contributed by atoms with Gasteiger partial charge in [0.1, 0.15) is 11.5 Å². The number of nitrogens with one attached hydrogen (secondary N) is 3. The van der Waals surface area contributed by atoms with E-state index in [4.69, 9.17) is 17.0 Å². The summed E-state index contributed by atoms with van der Waals surface area (Å²) >= 11 is 7.48. The number of pyridine rings is 1. The SMILES string of the molecule is Cc1cccc(CNc2cccc(NC(=O)c3csc4c(Cl)ncnc34)c2C(=N)C2CC2)n1. The summed E-state index contributed by atoms with van der Waals surface area (Å²) in [4.78, 5) is 25.9. The third-order valence-corrected chi connectivity index (χ3v) is 6.90. The van der Waals surface area contributed by atoms with Gasteiger partial charge in [0, 0.05) is 34.0 Å². The summed E-state index contributed by atoms with van der Waals surface area (Å²) < 4.78 is 0.677. The van der Waals surface area contributed by atoms with Crippen LogP contribution >= 0.6 is 22.9 Å². The van der Waals surface area contributed by atoms with E-state index in [-0.39, 0.29) is 11.8 Å². The number of carbonyl (C=O) groups excluding carboxylic acids is 1. The van der Waals surface area contributed by atoms with Gasteiger partial charge in [-0.1, -0.05) is 23.7 Å². The van der Waals surface area contributed by atoms with Crippen molar-refractivity contribution < 1.29 is 4.79 Å². The molecule has 0 radical (unpaired) electrons. The number of aromatic nitrogens is 3. The van der Waals surface area contributed by atoms with Gasteiger partial charge >= 0.3 is 0 Å². The van der Waals surface area contributed by atoms with Crippen LogP contribution in [0.4, 0.5) is 11.4 Å². The number of nitrogens with zero attached hydrogens (tertiary/aromatic N) is 3. The van der Waals surface area contributed by atoms with Crippen molar-refractivity contribution in [3.63, 3.8) is 0 Å². The van der Waals surface area contributed by atoms with E-state index >= 15 is 0 Å². The van der Waals surface area contributed by atoms with E-state index < -0.39 is 0 Å². The van der Waals surface area contributed by atoms with Crippen molar-refractivity contribution in [2.75, 3.05) is 10.6 Å². The molecule has 1 aromatic carbocycles. The predicted molar refractivity (Wildman–Crippen MR) is 133 cm³/mol. The first kappa shape index (κ1) is 21.5. The lowest BCUT2D eigenvalue weighted by molar-refractivity contribution is 0.102. The Balaban J connectivity index is 1.46. The zero-order valence-electron chi connectivity index (χ0n) is 17.9. The molecule has 3 N–H and O–H groups in total. The molecule has 33 heavy (non-hydrogen) atoms. The largest absolute Gasteiger partial charge is 0.379 e. The normalized spacial score (nSPS) is 13.2. The number of benzene rings is 1. The van der Waals surface area contributed by atoms with Crippen molar-refractivity contribution >= 4 is 56.1 Å². The fourth-order valence-electron chi connectivity index (χ4n) is 3.73. The van der Waals surface area contributed by atoms with E-state index in [0.717, 1.165) is 29.9 Å². The molecule has 9 heteroatoms. The third-order valence-electron chi connectivity index (χ3n) is 5.53. The first-order valence-electron chi connectivity index (χ1n) is 10.6. The van der Waals surface area contributed by atoms with Crippen molar-refractivity contribution in [1.82, 2.24) is 15.0 Å². The summed E-state index contributed by atoms with van der Waals surface area (Å²) in [5, 5.41) is 17.3. The maximum absolute atomic E-state index is 13.2. The lowest BCUT2D eigenvalue weighted by atomic mass is 10.0. The molecule has 1 fully saturated rings. The molecule has 7 nitrogen and oxygen atoms in total. The molecular weight excluding hydrogens is 456 g/mol. The van der Waals surface area contributed by atoms with Crippen LogP contribution in [0.5, 0.6) is 0 Å². The second-order valence-electron chi connectivity index (χ2n) is 7.99. The van der Waals surface area contributed by atoms with Crippen LogP contribution in [-0.2, 0) is 6.54 Å². The quantitative estimate of drug-likeness (QED) is 0.235. The summed E-state index contributed by atoms with van der Waals surface area (Å²) in [7, 11) is 0. The van der Waals surface area contributed by atoms with Gasteiger partial charge in [-0.2, -0.15) is 0 Å². The number of amides is 1. The molecule has 3 aromatic heterocycles. The summed E-state index contributed by atoms with van der Waals surface area (Å²) in [6.07, 6.45) is 3.33. The third kappa shape index (κ3) is 4.44. The maximum Gasteiger partial charge on any atom is 0.258 e. The second kappa shape index (κ2) is 8.88. The highest BCUT2D eigenvalue weighted by atomic mass is 35.5. The van der Waals surface area contributed by atoms with Gasteiger partial charge in [-0.15, -0.1) is 11.3 Å². The Labute approximate surface area is 199 Å². The van der Waals surface area contributed by atoms with Gasteiger partial charge in [0.25, 0.3) is 5.91 Å². The average Bonchev–Trinajstić information content (AvgIpc) is 3.56. The highest BCUT2D eigenvalue weighted by Gasteiger charge is 2.30. The topological polar surface area (TPSA) is 104 Å². The van der Waals surface area contributed by atoms with E-state index in [1.165, 1.54) is 17.7 Å². The molecule has 1 saturated carbocycles. The summed E-state index contributed by atoms with van der Waals surface area (Å²) in [6, 6.07) is 11.5. The van der Waals surface area contributed by atoms with Gasteiger partial charge in [0.2, 0.25) is 0 Å². The molecule has 166 valence electrons. The van der Waals surface area contributed by atoms with Crippen LogP contribution in [0.1, 0.15) is 40.2 Å². The van der Waals surface area contributed by atoms with Crippen LogP contribution in [0, 0.1) is 18.3 Å². The monoisotopic (exact) mass is 476 g/mol. The number of hydrogen-bond acceptors (Lipinski definition) is 7. The lowest BCUT2D eigenvalue weighted by Gasteiger charge is -2.17. The lowest BCUT2D eigenvalue weighted by Crippen LogP contribution is -2.17. The minimum Gasteiger partial charge on any atom is -0.379 e. The summed E-state index contributed by atoms with van der Waals surface area (Å²) in [6.45, 7) is 2.48. The van der Waals surface area contributed by atoms with Gasteiger partial charge in [-0.3, -0.25) is 9.78 Å². The number of thiophene rings is 1. The van der Waals surface area contributed by atoms with Crippen LogP contribution in [0.3, 0.4) is 0 Å². The summed E-state index contributed by atoms with van der Waals surface area (Å²) in [5.41, 5.74) is 5.47. The molecule has 0 unspecified atom stereocenters. The highest BCUT2D eigenvalue weighted by Crippen LogP contribution is 2.38. The molecule has 0 saturated heterocycles. The molecule has 0 bridgehead atoms. The van der Waals surface area contributed by atoms with Crippen molar-refractivity contribution in [1.29, 1.82) is 5.41 Å². The molecule has 1 amide bonds. The molecule has 1 aliphatic rings. The molecule has 0 aliphatic heterocycles. The van der Waals surface area contributed by atoms with Gasteiger partial charge in [0.05, 0.1) is 33.7 Å². The average molecular weight is 477 g/mol. The molecule has 4 aromatic rings. The fourth-order valence-corrected chi connectivity index (χ4v) is 4.87. The van der Waals surface area contributed by atoms with E-state index in [1.54, 1.807) is 5.38 Å². The molecule has 5 rings (SSSR count). The maximum atomic E-state index is 13.2. The van der Waals surface area contributed by atoms with Crippen LogP contribution in [0.2, 0.25) is 5.15 Å². The van der Waals surface area contributed by atoms with Crippen LogP contribution in [0.15, 0.2) is 48.1 Å². The van der Waals surface area contributed by atoms with Crippen molar-refractivity contribution in [3.05, 3.63) is 75.8 Å². The number of carbonyl (C=O) groups is 1. The number of halogens is 1. The van der Waals surface area contributed by atoms with E-state index in [0.29, 0.717) is 44.4 Å². The van der Waals surface area contributed by atoms with Gasteiger partial charge in [-0.25, -0.2) is 9.97 Å². The summed E-state index contributed by atoms with van der Waals surface area (Å²) in [5.74, 6) is -0.0763. The van der Waals surface area contributed by atoms with Crippen LogP contribution in [-0.4, -0.2) is 26.6 Å². The van der Waals surface area contributed by atoms with E-state index in [2.05, 4.69) is 25.6 Å². The highest BCUT2D eigenvalue weighted by molar-refractivity contribution is 7.18. The van der Waals surface area contributed by atoms with Crippen LogP contribution in [0.25, 0.3) is 10.2 Å². The Morgan fingerprint density at radius 2 is 1.97 bits per heavy atom. The number of aryl methyl sites for hydroxylation is 1. The van der Waals surface area contributed by atoms with E-state index in [9.17, 15) is 4.79 Å². The van der Waals surface area contributed by atoms with Gasteiger partial charge < -0.3 is 16.0 Å².